The van der Waals surface area contributed by atoms with Crippen LogP contribution in [0.3, 0.4) is 0 Å². The molecule has 1 N–H and O–H groups in total. The molecule has 0 aliphatic carbocycles. The van der Waals surface area contributed by atoms with Gasteiger partial charge in [-0.3, -0.25) is 0 Å². The van der Waals surface area contributed by atoms with Gasteiger partial charge >= 0.3 is 0 Å². The van der Waals surface area contributed by atoms with Gasteiger partial charge in [0.2, 0.25) is 0 Å². The summed E-state index contributed by atoms with van der Waals surface area (Å²) >= 11 is 2.32. The minimum Gasteiger partial charge on any atom is -0.372 e. The third-order valence-electron chi connectivity index (χ3n) is 3.18. The highest BCUT2D eigenvalue weighted by Crippen LogP contribution is 2.32. The molecule has 1 aromatic heterocycles. The molecular formula is C16H20IN3. The monoisotopic (exact) mass is 381 g/mol. The fourth-order valence-corrected chi connectivity index (χ4v) is 3.37. The van der Waals surface area contributed by atoms with Gasteiger partial charge in [-0.15, -0.1) is 0 Å². The predicted octanol–water partition coefficient (Wildman–Crippen LogP) is 4.40. The third-order valence-corrected chi connectivity index (χ3v) is 4.21. The van der Waals surface area contributed by atoms with E-state index in [0.29, 0.717) is 0 Å². The normalized spacial score (nSPS) is 11.5. The second-order valence-electron chi connectivity index (χ2n) is 5.87. The third kappa shape index (κ3) is 2.95. The summed E-state index contributed by atoms with van der Waals surface area (Å²) in [6.07, 6.45) is 0. The molecule has 0 aliphatic rings. The van der Waals surface area contributed by atoms with Crippen LogP contribution in [0.4, 0.5) is 5.82 Å². The van der Waals surface area contributed by atoms with Gasteiger partial charge in [0.25, 0.3) is 0 Å². The van der Waals surface area contributed by atoms with Gasteiger partial charge in [0.15, 0.2) is 5.82 Å². The first kappa shape index (κ1) is 15.2. The lowest BCUT2D eigenvalue weighted by Gasteiger charge is -2.22. The lowest BCUT2D eigenvalue weighted by Crippen LogP contribution is -2.18. The Morgan fingerprint density at radius 3 is 2.30 bits per heavy atom. The Kier molecular flexibility index (Phi) is 4.32. The highest BCUT2D eigenvalue weighted by atomic mass is 127. The summed E-state index contributed by atoms with van der Waals surface area (Å²) in [5, 5.41) is 3.18. The molecule has 0 saturated heterocycles. The largest absolute Gasteiger partial charge is 0.372 e. The summed E-state index contributed by atoms with van der Waals surface area (Å²) in [5.41, 5.74) is 3.35. The molecule has 3 nitrogen and oxygen atoms in total. The van der Waals surface area contributed by atoms with Crippen molar-refractivity contribution in [1.82, 2.24) is 9.97 Å². The maximum absolute atomic E-state index is 4.82. The van der Waals surface area contributed by atoms with E-state index in [1.54, 1.807) is 0 Å². The number of hydrogen-bond acceptors (Lipinski definition) is 3. The lowest BCUT2D eigenvalue weighted by molar-refractivity contribution is 0.564. The average Bonchev–Trinajstić information content (AvgIpc) is 2.38. The zero-order chi connectivity index (χ0) is 14.9. The molecule has 20 heavy (non-hydrogen) atoms. The number of rotatable bonds is 2. The van der Waals surface area contributed by atoms with Crippen LogP contribution in [0.5, 0.6) is 0 Å². The van der Waals surface area contributed by atoms with Crippen molar-refractivity contribution in [2.45, 2.75) is 33.1 Å². The van der Waals surface area contributed by atoms with E-state index in [1.807, 2.05) is 19.2 Å². The molecular weight excluding hydrogens is 361 g/mol. The van der Waals surface area contributed by atoms with E-state index in [4.69, 9.17) is 4.98 Å². The maximum atomic E-state index is 4.82. The van der Waals surface area contributed by atoms with Crippen molar-refractivity contribution in [2.24, 2.45) is 0 Å². The van der Waals surface area contributed by atoms with Crippen molar-refractivity contribution in [3.63, 3.8) is 0 Å². The molecule has 0 bridgehead atoms. The second kappa shape index (κ2) is 5.68. The van der Waals surface area contributed by atoms with Crippen molar-refractivity contribution in [2.75, 3.05) is 12.4 Å². The molecule has 4 heteroatoms. The molecule has 0 amide bonds. The number of halogens is 1. The van der Waals surface area contributed by atoms with Gasteiger partial charge < -0.3 is 5.32 Å². The van der Waals surface area contributed by atoms with Crippen LogP contribution in [0, 0.1) is 10.5 Å². The van der Waals surface area contributed by atoms with E-state index in [2.05, 4.69) is 72.7 Å². The van der Waals surface area contributed by atoms with Gasteiger partial charge in [0.1, 0.15) is 5.82 Å². The van der Waals surface area contributed by atoms with Crippen LogP contribution >= 0.6 is 22.6 Å². The smallest absolute Gasteiger partial charge is 0.162 e. The van der Waals surface area contributed by atoms with Gasteiger partial charge in [-0.05, 0) is 35.1 Å². The van der Waals surface area contributed by atoms with Crippen molar-refractivity contribution in [1.29, 1.82) is 0 Å². The standard InChI is InChI=1S/C16H20IN3/c1-10-8-6-7-9-11(10)14-19-13(16(2,3)4)12(17)15(18-5)20-14/h6-9H,1-5H3,(H,18,19,20). The minimum absolute atomic E-state index is 0.0114. The first-order valence-corrected chi connectivity index (χ1v) is 7.74. The fourth-order valence-electron chi connectivity index (χ4n) is 2.05. The van der Waals surface area contributed by atoms with Crippen LogP contribution < -0.4 is 5.32 Å². The summed E-state index contributed by atoms with van der Waals surface area (Å²) in [5.74, 6) is 1.68. The van der Waals surface area contributed by atoms with Crippen LogP contribution in [-0.4, -0.2) is 17.0 Å². The highest BCUT2D eigenvalue weighted by Gasteiger charge is 2.23. The first-order valence-electron chi connectivity index (χ1n) is 6.66. The SMILES string of the molecule is CNc1nc(-c2ccccc2C)nc(C(C)(C)C)c1I. The number of aryl methyl sites for hydroxylation is 1. The molecule has 0 fully saturated rings. The zero-order valence-corrected chi connectivity index (χ0v) is 14.7. The average molecular weight is 381 g/mol. The number of nitrogens with one attached hydrogen (secondary N) is 1. The summed E-state index contributed by atoms with van der Waals surface area (Å²) in [7, 11) is 1.90. The van der Waals surface area contributed by atoms with E-state index >= 15 is 0 Å². The van der Waals surface area contributed by atoms with Crippen molar-refractivity contribution < 1.29 is 0 Å². The van der Waals surface area contributed by atoms with Crippen LogP contribution in [0.2, 0.25) is 0 Å². The quantitative estimate of drug-likeness (QED) is 0.784. The molecule has 0 unspecified atom stereocenters. The van der Waals surface area contributed by atoms with Gasteiger partial charge in [-0.2, -0.15) is 0 Å². The predicted molar refractivity (Wildman–Crippen MR) is 93.2 cm³/mol. The Morgan fingerprint density at radius 2 is 1.75 bits per heavy atom. The molecule has 106 valence electrons. The van der Waals surface area contributed by atoms with Crippen molar-refractivity contribution in [3.05, 3.63) is 39.1 Å². The van der Waals surface area contributed by atoms with Crippen LogP contribution in [0.25, 0.3) is 11.4 Å². The Labute approximate surface area is 134 Å². The minimum atomic E-state index is -0.0114. The topological polar surface area (TPSA) is 37.8 Å². The number of benzene rings is 1. The Morgan fingerprint density at radius 1 is 1.10 bits per heavy atom. The molecule has 0 aliphatic heterocycles. The lowest BCUT2D eigenvalue weighted by atomic mass is 9.91. The van der Waals surface area contributed by atoms with E-state index < -0.39 is 0 Å². The Bertz CT molecular complexity index is 630. The molecule has 0 spiro atoms. The van der Waals surface area contributed by atoms with Crippen molar-refractivity contribution >= 4 is 28.4 Å². The summed E-state index contributed by atoms with van der Waals surface area (Å²) < 4.78 is 1.09. The molecule has 2 rings (SSSR count). The van der Waals surface area contributed by atoms with Crippen LogP contribution in [0.15, 0.2) is 24.3 Å². The fraction of sp³-hybridized carbons (Fsp3) is 0.375. The Balaban J connectivity index is 2.70. The van der Waals surface area contributed by atoms with E-state index in [-0.39, 0.29) is 5.41 Å². The summed E-state index contributed by atoms with van der Waals surface area (Å²) in [4.78, 5) is 9.49. The van der Waals surface area contributed by atoms with Gasteiger partial charge in [-0.1, -0.05) is 45.0 Å². The maximum Gasteiger partial charge on any atom is 0.162 e. The zero-order valence-electron chi connectivity index (χ0n) is 12.6. The number of aromatic nitrogens is 2. The van der Waals surface area contributed by atoms with E-state index in [1.165, 1.54) is 5.56 Å². The number of hydrogen-bond donors (Lipinski definition) is 1. The van der Waals surface area contributed by atoms with Gasteiger partial charge in [0, 0.05) is 18.0 Å². The summed E-state index contributed by atoms with van der Waals surface area (Å²) in [6, 6.07) is 8.23. The van der Waals surface area contributed by atoms with Crippen LogP contribution in [0.1, 0.15) is 32.0 Å². The van der Waals surface area contributed by atoms with E-state index in [0.717, 1.165) is 26.5 Å². The van der Waals surface area contributed by atoms with Gasteiger partial charge in [-0.25, -0.2) is 9.97 Å². The number of nitrogens with zero attached hydrogens (tertiary/aromatic N) is 2. The highest BCUT2D eigenvalue weighted by molar-refractivity contribution is 14.1. The van der Waals surface area contributed by atoms with Crippen molar-refractivity contribution in [3.8, 4) is 11.4 Å². The van der Waals surface area contributed by atoms with Crippen LogP contribution in [-0.2, 0) is 5.41 Å². The molecule has 0 radical (unpaired) electrons. The van der Waals surface area contributed by atoms with Gasteiger partial charge in [0.05, 0.1) is 9.26 Å². The second-order valence-corrected chi connectivity index (χ2v) is 6.95. The molecule has 0 saturated carbocycles. The number of anilines is 1. The first-order chi connectivity index (χ1) is 9.34. The molecule has 1 aromatic carbocycles. The molecule has 0 atom stereocenters. The molecule has 1 heterocycles. The van der Waals surface area contributed by atoms with E-state index in [9.17, 15) is 0 Å². The summed E-state index contributed by atoms with van der Waals surface area (Å²) in [6.45, 7) is 8.63. The molecule has 2 aromatic rings. The Hall–Kier alpha value is -1.17.